The van der Waals surface area contributed by atoms with Crippen molar-refractivity contribution >= 4 is 0 Å². The van der Waals surface area contributed by atoms with Gasteiger partial charge in [0.25, 0.3) is 0 Å². The Bertz CT molecular complexity index is 315. The summed E-state index contributed by atoms with van der Waals surface area (Å²) in [6.07, 6.45) is 1.87. The van der Waals surface area contributed by atoms with Crippen LogP contribution in [-0.4, -0.2) is 52.8 Å². The van der Waals surface area contributed by atoms with Gasteiger partial charge in [0.15, 0.2) is 0 Å². The molecule has 0 spiro atoms. The average Bonchev–Trinajstić information content (AvgIpc) is 2.39. The molecule has 1 aliphatic heterocycles. The van der Waals surface area contributed by atoms with Crippen molar-refractivity contribution in [3.63, 3.8) is 0 Å². The Balaban J connectivity index is 1.95. The predicted octanol–water partition coefficient (Wildman–Crippen LogP) is 1.41. The second-order valence-corrected chi connectivity index (χ2v) is 4.55. The summed E-state index contributed by atoms with van der Waals surface area (Å²) in [4.78, 5) is 11.7. The Hall–Kier alpha value is -0.970. The molecule has 2 heterocycles. The summed E-state index contributed by atoms with van der Waals surface area (Å²) in [7, 11) is 0. The smallest absolute Gasteiger partial charge is 0.0544 e. The van der Waals surface area contributed by atoms with Gasteiger partial charge >= 0.3 is 0 Å². The summed E-state index contributed by atoms with van der Waals surface area (Å²) in [6.45, 7) is 10.8. The molecule has 0 saturated carbocycles. The minimum Gasteiger partial charge on any atom is -0.278 e. The zero-order chi connectivity index (χ0) is 12.1. The summed E-state index contributed by atoms with van der Waals surface area (Å²) in [6, 6.07) is 6.12. The van der Waals surface area contributed by atoms with Crippen molar-refractivity contribution in [3.05, 3.63) is 30.1 Å². The Kier molecular flexibility index (Phi) is 4.48. The monoisotopic (exact) mass is 234 g/mol. The van der Waals surface area contributed by atoms with E-state index in [1.165, 1.54) is 0 Å². The molecule has 94 valence electrons. The first-order valence-electron chi connectivity index (χ1n) is 6.38. The minimum absolute atomic E-state index is 0.938. The van der Waals surface area contributed by atoms with Gasteiger partial charge in [-0.05, 0) is 25.2 Å². The van der Waals surface area contributed by atoms with Crippen LogP contribution in [0.25, 0.3) is 0 Å². The first-order valence-corrected chi connectivity index (χ1v) is 6.38. The molecule has 1 aliphatic rings. The maximum atomic E-state index is 4.40. The van der Waals surface area contributed by atoms with Gasteiger partial charge in [0, 0.05) is 12.7 Å². The van der Waals surface area contributed by atoms with E-state index in [0.717, 1.165) is 45.3 Å². The van der Waals surface area contributed by atoms with Gasteiger partial charge in [0.2, 0.25) is 0 Å². The summed E-state index contributed by atoms with van der Waals surface area (Å²) >= 11 is 0. The number of pyridine rings is 1. The molecule has 4 heteroatoms. The average molecular weight is 234 g/mol. The van der Waals surface area contributed by atoms with Crippen LogP contribution in [0.2, 0.25) is 0 Å². The van der Waals surface area contributed by atoms with Crippen LogP contribution >= 0.6 is 0 Å². The summed E-state index contributed by atoms with van der Waals surface area (Å²) in [5.41, 5.74) is 1.15. The Morgan fingerprint density at radius 3 is 2.18 bits per heavy atom. The standard InChI is InChI=1S/C13H22N4/c1-3-15-10-16(4-2)12-17(11-15)9-13-7-5-6-8-14-13/h5-8H,3-4,9-12H2,1-2H3. The van der Waals surface area contributed by atoms with Crippen molar-refractivity contribution in [2.24, 2.45) is 0 Å². The Labute approximate surface area is 104 Å². The fourth-order valence-electron chi connectivity index (χ4n) is 2.20. The van der Waals surface area contributed by atoms with Crippen molar-refractivity contribution in [3.8, 4) is 0 Å². The fourth-order valence-corrected chi connectivity index (χ4v) is 2.20. The molecule has 0 unspecified atom stereocenters. The molecule has 0 aromatic carbocycles. The summed E-state index contributed by atoms with van der Waals surface area (Å²) in [5, 5.41) is 0. The van der Waals surface area contributed by atoms with Gasteiger partial charge in [-0.15, -0.1) is 0 Å². The molecule has 1 aromatic heterocycles. The molecule has 0 radical (unpaired) electrons. The molecule has 0 bridgehead atoms. The molecule has 4 nitrogen and oxygen atoms in total. The first-order chi connectivity index (χ1) is 8.31. The molecule has 1 aromatic rings. The molecule has 0 aliphatic carbocycles. The molecule has 0 atom stereocenters. The zero-order valence-electron chi connectivity index (χ0n) is 10.8. The zero-order valence-corrected chi connectivity index (χ0v) is 10.8. The van der Waals surface area contributed by atoms with Crippen molar-refractivity contribution in [1.82, 2.24) is 19.7 Å². The van der Waals surface area contributed by atoms with Crippen LogP contribution in [0, 0.1) is 0 Å². The summed E-state index contributed by atoms with van der Waals surface area (Å²) in [5.74, 6) is 0. The van der Waals surface area contributed by atoms with E-state index < -0.39 is 0 Å². The van der Waals surface area contributed by atoms with Crippen molar-refractivity contribution < 1.29 is 0 Å². The van der Waals surface area contributed by atoms with Crippen molar-refractivity contribution in [2.75, 3.05) is 33.1 Å². The molecule has 17 heavy (non-hydrogen) atoms. The largest absolute Gasteiger partial charge is 0.278 e. The second kappa shape index (κ2) is 6.10. The number of aromatic nitrogens is 1. The topological polar surface area (TPSA) is 22.6 Å². The van der Waals surface area contributed by atoms with Crippen LogP contribution in [0.1, 0.15) is 19.5 Å². The molecule has 1 saturated heterocycles. The van der Waals surface area contributed by atoms with Gasteiger partial charge in [-0.25, -0.2) is 0 Å². The molecule has 0 amide bonds. The maximum absolute atomic E-state index is 4.40. The highest BCUT2D eigenvalue weighted by atomic mass is 15.5. The van der Waals surface area contributed by atoms with E-state index in [-0.39, 0.29) is 0 Å². The van der Waals surface area contributed by atoms with Gasteiger partial charge in [0.05, 0.1) is 25.7 Å². The van der Waals surface area contributed by atoms with Crippen LogP contribution in [-0.2, 0) is 6.54 Å². The highest BCUT2D eigenvalue weighted by Gasteiger charge is 2.21. The summed E-state index contributed by atoms with van der Waals surface area (Å²) < 4.78 is 0. The normalized spacial score (nSPS) is 19.6. The van der Waals surface area contributed by atoms with E-state index in [0.29, 0.717) is 0 Å². The van der Waals surface area contributed by atoms with Crippen LogP contribution < -0.4 is 0 Å². The SMILES string of the molecule is CCN1CN(CC)CN(Cc2ccccn2)C1. The lowest BCUT2D eigenvalue weighted by atomic mass is 10.3. The van der Waals surface area contributed by atoms with Crippen LogP contribution in [0.15, 0.2) is 24.4 Å². The van der Waals surface area contributed by atoms with E-state index in [1.807, 2.05) is 12.3 Å². The van der Waals surface area contributed by atoms with Gasteiger partial charge in [-0.1, -0.05) is 19.9 Å². The Morgan fingerprint density at radius 1 is 1.00 bits per heavy atom. The van der Waals surface area contributed by atoms with Crippen LogP contribution in [0.4, 0.5) is 0 Å². The van der Waals surface area contributed by atoms with E-state index in [2.05, 4.69) is 45.7 Å². The first kappa shape index (κ1) is 12.5. The second-order valence-electron chi connectivity index (χ2n) is 4.55. The van der Waals surface area contributed by atoms with Gasteiger partial charge in [-0.2, -0.15) is 0 Å². The van der Waals surface area contributed by atoms with E-state index in [9.17, 15) is 0 Å². The number of hydrogen-bond donors (Lipinski definition) is 0. The lowest BCUT2D eigenvalue weighted by molar-refractivity contribution is -0.0290. The molecule has 1 fully saturated rings. The molecule has 2 rings (SSSR count). The third kappa shape index (κ3) is 3.49. The van der Waals surface area contributed by atoms with E-state index in [1.54, 1.807) is 0 Å². The lowest BCUT2D eigenvalue weighted by Crippen LogP contribution is -2.54. The Morgan fingerprint density at radius 2 is 1.65 bits per heavy atom. The van der Waals surface area contributed by atoms with Gasteiger partial charge in [-0.3, -0.25) is 19.7 Å². The highest BCUT2D eigenvalue weighted by molar-refractivity contribution is 5.03. The molecular weight excluding hydrogens is 212 g/mol. The fraction of sp³-hybridized carbons (Fsp3) is 0.615. The van der Waals surface area contributed by atoms with Crippen LogP contribution in [0.5, 0.6) is 0 Å². The third-order valence-corrected chi connectivity index (χ3v) is 3.21. The number of rotatable bonds is 4. The number of nitrogens with zero attached hydrogens (tertiary/aromatic N) is 4. The van der Waals surface area contributed by atoms with Crippen LogP contribution in [0.3, 0.4) is 0 Å². The molecule has 0 N–H and O–H groups in total. The van der Waals surface area contributed by atoms with Gasteiger partial charge in [0.1, 0.15) is 0 Å². The van der Waals surface area contributed by atoms with Gasteiger partial charge < -0.3 is 0 Å². The van der Waals surface area contributed by atoms with E-state index in [4.69, 9.17) is 0 Å². The third-order valence-electron chi connectivity index (χ3n) is 3.21. The minimum atomic E-state index is 0.938. The van der Waals surface area contributed by atoms with Crippen molar-refractivity contribution in [1.29, 1.82) is 0 Å². The van der Waals surface area contributed by atoms with Crippen molar-refractivity contribution in [2.45, 2.75) is 20.4 Å². The maximum Gasteiger partial charge on any atom is 0.0544 e. The highest BCUT2D eigenvalue weighted by Crippen LogP contribution is 2.10. The predicted molar refractivity (Wildman–Crippen MR) is 69.1 cm³/mol. The van der Waals surface area contributed by atoms with E-state index >= 15 is 0 Å². The lowest BCUT2D eigenvalue weighted by Gasteiger charge is -2.41. The number of hydrogen-bond acceptors (Lipinski definition) is 4. The molecular formula is C13H22N4. The quantitative estimate of drug-likeness (QED) is 0.785.